The Morgan fingerprint density at radius 1 is 1.70 bits per heavy atom. The average Bonchev–Trinajstić information content (AvgIpc) is 2.41. The molecule has 0 saturated carbocycles. The summed E-state index contributed by atoms with van der Waals surface area (Å²) in [6.45, 7) is 1.97. The monoisotopic (exact) mass is 347 g/mol. The van der Waals surface area contributed by atoms with Crippen LogP contribution in [0.2, 0.25) is 0 Å². The van der Waals surface area contributed by atoms with E-state index in [0.29, 0.717) is 18.6 Å². The predicted octanol–water partition coefficient (Wildman–Crippen LogP) is 1.84. The summed E-state index contributed by atoms with van der Waals surface area (Å²) in [5, 5.41) is 12.5. The van der Waals surface area contributed by atoms with Crippen molar-refractivity contribution in [1.29, 1.82) is 0 Å². The van der Waals surface area contributed by atoms with Gasteiger partial charge in [0, 0.05) is 37.0 Å². The zero-order valence-corrected chi connectivity index (χ0v) is 13.0. The van der Waals surface area contributed by atoms with Crippen molar-refractivity contribution >= 4 is 21.8 Å². The molecule has 4 nitrogen and oxygen atoms in total. The van der Waals surface area contributed by atoms with E-state index < -0.39 is 11.7 Å². The van der Waals surface area contributed by atoms with Crippen molar-refractivity contribution in [3.05, 3.63) is 22.2 Å². The van der Waals surface area contributed by atoms with E-state index in [2.05, 4.69) is 21.2 Å². The van der Waals surface area contributed by atoms with Gasteiger partial charge in [-0.25, -0.2) is 4.39 Å². The summed E-state index contributed by atoms with van der Waals surface area (Å²) >= 11 is 3.36. The van der Waals surface area contributed by atoms with Crippen LogP contribution < -0.4 is 5.32 Å². The molecule has 1 heterocycles. The molecule has 2 N–H and O–H groups in total. The maximum absolute atomic E-state index is 14.4. The Hall–Kier alpha value is -0.720. The lowest BCUT2D eigenvalue weighted by Gasteiger charge is -2.46. The lowest BCUT2D eigenvalue weighted by molar-refractivity contribution is -0.124. The number of alkyl halides is 1. The van der Waals surface area contributed by atoms with E-state index in [0.717, 1.165) is 4.48 Å². The first-order valence-corrected chi connectivity index (χ1v) is 7.48. The summed E-state index contributed by atoms with van der Waals surface area (Å²) < 4.78 is 20.7. The lowest BCUT2D eigenvalue weighted by Crippen LogP contribution is -2.62. The average molecular weight is 348 g/mol. The Morgan fingerprint density at radius 3 is 3.10 bits per heavy atom. The van der Waals surface area contributed by atoms with E-state index in [4.69, 9.17) is 4.74 Å². The zero-order chi connectivity index (χ0) is 14.8. The number of carbonyl (C=O) groups is 1. The molecule has 2 rings (SSSR count). The third kappa shape index (κ3) is 2.97. The van der Waals surface area contributed by atoms with Crippen molar-refractivity contribution in [2.75, 3.05) is 19.8 Å². The fourth-order valence-electron chi connectivity index (χ4n) is 2.96. The van der Waals surface area contributed by atoms with Crippen LogP contribution in [0.3, 0.4) is 0 Å². The second-order valence-corrected chi connectivity index (χ2v) is 6.18. The van der Waals surface area contributed by atoms with Gasteiger partial charge in [0.1, 0.15) is 6.17 Å². The highest BCUT2D eigenvalue weighted by molar-refractivity contribution is 9.11. The molecule has 6 heteroatoms. The molecule has 3 atom stereocenters. The van der Waals surface area contributed by atoms with Crippen LogP contribution in [-0.2, 0) is 9.53 Å². The Balaban J connectivity index is 2.45. The smallest absolute Gasteiger partial charge is 0.217 e. The van der Waals surface area contributed by atoms with Crippen LogP contribution in [0.5, 0.6) is 0 Å². The van der Waals surface area contributed by atoms with Crippen molar-refractivity contribution < 1.29 is 19.0 Å². The molecular formula is C14H19BrFNO3. The van der Waals surface area contributed by atoms with Crippen LogP contribution in [-0.4, -0.2) is 42.5 Å². The van der Waals surface area contributed by atoms with Gasteiger partial charge in [-0.3, -0.25) is 4.79 Å². The number of hydrogen-bond acceptors (Lipinski definition) is 3. The summed E-state index contributed by atoms with van der Waals surface area (Å²) in [6, 6.07) is 0. The summed E-state index contributed by atoms with van der Waals surface area (Å²) in [6.07, 6.45) is 3.11. The van der Waals surface area contributed by atoms with Gasteiger partial charge in [0.2, 0.25) is 5.91 Å². The molecule has 0 aromatic heterocycles. The van der Waals surface area contributed by atoms with Gasteiger partial charge in [-0.2, -0.15) is 0 Å². The highest BCUT2D eigenvalue weighted by atomic mass is 79.9. The van der Waals surface area contributed by atoms with Crippen LogP contribution in [0.25, 0.3) is 0 Å². The van der Waals surface area contributed by atoms with Crippen LogP contribution in [0.15, 0.2) is 22.2 Å². The largest absolute Gasteiger partial charge is 0.396 e. The molecule has 2 aliphatic rings. The predicted molar refractivity (Wildman–Crippen MR) is 77.2 cm³/mol. The lowest BCUT2D eigenvalue weighted by atomic mass is 9.72. The van der Waals surface area contributed by atoms with E-state index in [-0.39, 0.29) is 31.5 Å². The maximum atomic E-state index is 14.4. The molecule has 1 fully saturated rings. The highest BCUT2D eigenvalue weighted by Gasteiger charge is 2.47. The SMILES string of the molecule is CC(=O)NC1(C2=CC(Br)=CCC2F)COCCC1CO. The molecule has 1 aliphatic heterocycles. The molecule has 112 valence electrons. The molecule has 3 unspecified atom stereocenters. The van der Waals surface area contributed by atoms with Crippen LogP contribution in [0.4, 0.5) is 4.39 Å². The second-order valence-electron chi connectivity index (χ2n) is 5.27. The molecular weight excluding hydrogens is 329 g/mol. The van der Waals surface area contributed by atoms with Crippen molar-refractivity contribution in [3.63, 3.8) is 0 Å². The van der Waals surface area contributed by atoms with Gasteiger partial charge >= 0.3 is 0 Å². The first-order valence-electron chi connectivity index (χ1n) is 6.68. The van der Waals surface area contributed by atoms with Crippen molar-refractivity contribution in [3.8, 4) is 0 Å². The van der Waals surface area contributed by atoms with Crippen molar-refractivity contribution in [1.82, 2.24) is 5.32 Å². The van der Waals surface area contributed by atoms with E-state index in [9.17, 15) is 14.3 Å². The van der Waals surface area contributed by atoms with Gasteiger partial charge < -0.3 is 15.2 Å². The van der Waals surface area contributed by atoms with E-state index in [1.165, 1.54) is 6.92 Å². The number of nitrogens with one attached hydrogen (secondary N) is 1. The Morgan fingerprint density at radius 2 is 2.45 bits per heavy atom. The third-order valence-corrected chi connectivity index (χ3v) is 4.48. The number of aliphatic hydroxyl groups excluding tert-OH is 1. The number of halogens is 2. The zero-order valence-electron chi connectivity index (χ0n) is 11.4. The first-order chi connectivity index (χ1) is 9.49. The van der Waals surface area contributed by atoms with Gasteiger partial charge in [-0.15, -0.1) is 0 Å². The normalized spacial score (nSPS) is 34.2. The topological polar surface area (TPSA) is 58.6 Å². The van der Waals surface area contributed by atoms with Gasteiger partial charge in [-0.1, -0.05) is 22.0 Å². The molecule has 0 aromatic rings. The molecule has 1 aliphatic carbocycles. The van der Waals surface area contributed by atoms with E-state index in [1.807, 2.05) is 0 Å². The molecule has 0 spiro atoms. The van der Waals surface area contributed by atoms with Gasteiger partial charge in [0.15, 0.2) is 0 Å². The van der Waals surface area contributed by atoms with Crippen molar-refractivity contribution in [2.45, 2.75) is 31.5 Å². The minimum atomic E-state index is -1.18. The number of hydrogen-bond donors (Lipinski definition) is 2. The fourth-order valence-corrected chi connectivity index (χ4v) is 3.40. The molecule has 0 aromatic carbocycles. The Bertz CT molecular complexity index is 452. The molecule has 0 radical (unpaired) electrons. The minimum Gasteiger partial charge on any atom is -0.396 e. The number of aliphatic hydroxyl groups is 1. The number of amides is 1. The number of carbonyl (C=O) groups excluding carboxylic acids is 1. The standard InChI is InChI=1S/C14H19BrFNO3/c1-9(19)17-14(8-20-5-4-10(14)7-18)12-6-11(15)2-3-13(12)16/h2,6,10,13,18H,3-5,7-8H2,1H3,(H,17,19). The van der Waals surface area contributed by atoms with Crippen LogP contribution in [0.1, 0.15) is 19.8 Å². The van der Waals surface area contributed by atoms with Gasteiger partial charge in [0.05, 0.1) is 12.1 Å². The van der Waals surface area contributed by atoms with Crippen LogP contribution >= 0.6 is 15.9 Å². The second kappa shape index (κ2) is 6.37. The molecule has 1 amide bonds. The summed E-state index contributed by atoms with van der Waals surface area (Å²) in [7, 11) is 0. The molecule has 1 saturated heterocycles. The first kappa shape index (κ1) is 15.7. The summed E-state index contributed by atoms with van der Waals surface area (Å²) in [5.74, 6) is -0.504. The van der Waals surface area contributed by atoms with E-state index >= 15 is 0 Å². The summed E-state index contributed by atoms with van der Waals surface area (Å²) in [5.41, 5.74) is -0.494. The van der Waals surface area contributed by atoms with Gasteiger partial charge in [-0.05, 0) is 18.1 Å². The summed E-state index contributed by atoms with van der Waals surface area (Å²) in [4.78, 5) is 11.6. The fraction of sp³-hybridized carbons (Fsp3) is 0.643. The minimum absolute atomic E-state index is 0.116. The third-order valence-electron chi connectivity index (χ3n) is 3.92. The Kier molecular flexibility index (Phi) is 4.99. The Labute approximate surface area is 126 Å². The number of ether oxygens (including phenoxy) is 1. The van der Waals surface area contributed by atoms with E-state index in [1.54, 1.807) is 12.2 Å². The number of rotatable bonds is 3. The molecule has 20 heavy (non-hydrogen) atoms. The number of allylic oxidation sites excluding steroid dienone is 3. The highest BCUT2D eigenvalue weighted by Crippen LogP contribution is 2.39. The maximum Gasteiger partial charge on any atom is 0.217 e. The van der Waals surface area contributed by atoms with Crippen LogP contribution in [0, 0.1) is 5.92 Å². The van der Waals surface area contributed by atoms with Crippen molar-refractivity contribution in [2.24, 2.45) is 5.92 Å². The van der Waals surface area contributed by atoms with Gasteiger partial charge in [0.25, 0.3) is 0 Å². The molecule has 0 bridgehead atoms. The quantitative estimate of drug-likeness (QED) is 0.818.